The van der Waals surface area contributed by atoms with Gasteiger partial charge in [0.1, 0.15) is 37.1 Å². The van der Waals surface area contributed by atoms with E-state index in [4.69, 9.17) is 4.55 Å². The third kappa shape index (κ3) is 5.39. The molecule has 184 valence electrons. The van der Waals surface area contributed by atoms with Gasteiger partial charge in [-0.3, -0.25) is 9.35 Å². The highest BCUT2D eigenvalue weighted by molar-refractivity contribution is 7.85. The van der Waals surface area contributed by atoms with Crippen molar-refractivity contribution < 1.29 is 26.9 Å². The summed E-state index contributed by atoms with van der Waals surface area (Å²) >= 11 is 0. The summed E-state index contributed by atoms with van der Waals surface area (Å²) in [6.07, 6.45) is 8.68. The molecule has 9 heteroatoms. The van der Waals surface area contributed by atoms with E-state index in [2.05, 4.69) is 46.1 Å². The van der Waals surface area contributed by atoms with Crippen LogP contribution in [0.2, 0.25) is 0 Å². The number of Topliss-reactive ketones (excluding diaryl/α,β-unsaturated/α-hetero) is 1. The van der Waals surface area contributed by atoms with E-state index in [1.165, 1.54) is 0 Å². The quantitative estimate of drug-likeness (QED) is 0.380. The Morgan fingerprint density at radius 2 is 1.78 bits per heavy atom. The summed E-state index contributed by atoms with van der Waals surface area (Å²) in [6.45, 7) is 18.4. The van der Waals surface area contributed by atoms with Gasteiger partial charge in [0.05, 0.1) is 11.2 Å². The van der Waals surface area contributed by atoms with Crippen LogP contribution in [-0.4, -0.2) is 40.9 Å². The Labute approximate surface area is 194 Å². The van der Waals surface area contributed by atoms with Gasteiger partial charge < -0.3 is 4.57 Å². The molecule has 2 bridgehead atoms. The monoisotopic (exact) mass is 489 g/mol. The lowest BCUT2D eigenvalue weighted by molar-refractivity contribution is -0.678. The Morgan fingerprint density at radius 3 is 2.12 bits per heavy atom. The minimum absolute atomic E-state index is 0.0152. The number of aromatic nitrogens is 2. The molecule has 0 aliphatic heterocycles. The maximum atomic E-state index is 12.6. The second-order valence-electron chi connectivity index (χ2n) is 12.3. The van der Waals surface area contributed by atoms with Crippen LogP contribution in [0.25, 0.3) is 0 Å². The lowest BCUT2D eigenvalue weighted by Gasteiger charge is -2.35. The van der Waals surface area contributed by atoms with Crippen molar-refractivity contribution in [3.05, 3.63) is 18.7 Å². The first-order chi connectivity index (χ1) is 14.1. The zero-order valence-corrected chi connectivity index (χ0v) is 22.9. The van der Waals surface area contributed by atoms with Crippen LogP contribution in [0.5, 0.6) is 0 Å². The van der Waals surface area contributed by atoms with Gasteiger partial charge in [0, 0.05) is 11.6 Å². The maximum Gasteiger partial charge on any atom is 0.265 e. The van der Waals surface area contributed by atoms with E-state index in [1.807, 2.05) is 43.8 Å². The number of hydrogen-bond donors (Lipinski definition) is 1. The molecule has 0 radical (unpaired) electrons. The van der Waals surface area contributed by atoms with E-state index in [-0.39, 0.29) is 27.8 Å². The van der Waals surface area contributed by atoms with Gasteiger partial charge in [0.25, 0.3) is 10.1 Å². The van der Waals surface area contributed by atoms with E-state index in [0.717, 1.165) is 6.42 Å². The Morgan fingerprint density at radius 1 is 1.22 bits per heavy atom. The number of nitrogens with zero attached hydrogens (tertiary/aromatic N) is 2. The molecule has 1 aromatic heterocycles. The molecule has 2 aliphatic rings. The van der Waals surface area contributed by atoms with Crippen molar-refractivity contribution in [3.63, 3.8) is 0 Å². The van der Waals surface area contributed by atoms with Gasteiger partial charge in [-0.15, -0.1) is 0 Å². The first kappa shape index (κ1) is 27.3. The summed E-state index contributed by atoms with van der Waals surface area (Å²) in [6, 6.07) is 0. The summed E-state index contributed by atoms with van der Waals surface area (Å²) in [5.74, 6) is -0.101. The van der Waals surface area contributed by atoms with Crippen LogP contribution >= 0.6 is 7.14 Å². The second kappa shape index (κ2) is 8.35. The number of rotatable bonds is 4. The second-order valence-corrected chi connectivity index (χ2v) is 17.6. The molecular weight excluding hydrogens is 447 g/mol. The van der Waals surface area contributed by atoms with Crippen molar-refractivity contribution in [1.82, 2.24) is 4.57 Å². The highest BCUT2D eigenvalue weighted by atomic mass is 32.2. The molecule has 3 atom stereocenters. The molecule has 2 aliphatic carbocycles. The molecule has 1 aromatic rings. The van der Waals surface area contributed by atoms with Crippen LogP contribution in [0.3, 0.4) is 0 Å². The van der Waals surface area contributed by atoms with Gasteiger partial charge in [-0.05, 0) is 51.6 Å². The molecule has 1 heterocycles. The van der Waals surface area contributed by atoms with Gasteiger partial charge in [0.15, 0.2) is 0 Å². The Bertz CT molecular complexity index is 1010. The third-order valence-electron chi connectivity index (χ3n) is 7.89. The summed E-state index contributed by atoms with van der Waals surface area (Å²) in [5.41, 5.74) is -1.05. The van der Waals surface area contributed by atoms with Crippen molar-refractivity contribution in [2.24, 2.45) is 16.7 Å². The molecule has 0 spiro atoms. The minimum Gasteiger partial charge on any atom is -0.319 e. The number of carbonyl (C=O) groups is 1. The first-order valence-electron chi connectivity index (χ1n) is 11.3. The largest absolute Gasteiger partial charge is 0.319 e. The van der Waals surface area contributed by atoms with E-state index in [9.17, 15) is 17.8 Å². The van der Waals surface area contributed by atoms with E-state index < -0.39 is 28.4 Å². The van der Waals surface area contributed by atoms with Crippen molar-refractivity contribution in [2.75, 3.05) is 12.4 Å². The van der Waals surface area contributed by atoms with Crippen LogP contribution < -0.4 is 4.57 Å². The molecule has 1 unspecified atom stereocenters. The standard InChI is InChI=1S/C13H26N2OP.C10H16O4S/c1-12(2,3)15-9-8-14(10-15)11-17(7,16)13(4,5)6;1-9(2)7-3-4-10(9,8(11)5-7)6-15(12,13)14/h8-10H,11H2,1-7H3;7H,3-6H2,1-2H3,(H,12,13,14)/q+1;/t17-;7?,10-/m11/s1. The Hall–Kier alpha value is -0.980. The lowest BCUT2D eigenvalue weighted by Crippen LogP contribution is -2.42. The predicted octanol–water partition coefficient (Wildman–Crippen LogP) is 4.55. The van der Waals surface area contributed by atoms with Crippen LogP contribution in [0, 0.1) is 16.7 Å². The van der Waals surface area contributed by atoms with Crippen LogP contribution in [0.15, 0.2) is 18.7 Å². The van der Waals surface area contributed by atoms with Crippen LogP contribution in [0.4, 0.5) is 0 Å². The van der Waals surface area contributed by atoms with Crippen molar-refractivity contribution in [1.29, 1.82) is 0 Å². The van der Waals surface area contributed by atoms with Gasteiger partial charge >= 0.3 is 0 Å². The average molecular weight is 490 g/mol. The fraction of sp³-hybridized carbons (Fsp3) is 0.826. The number of carbonyl (C=O) groups excluding carboxylic acids is 1. The van der Waals surface area contributed by atoms with Gasteiger partial charge in [-0.2, -0.15) is 8.42 Å². The average Bonchev–Trinajstić information content (AvgIpc) is 3.15. The fourth-order valence-corrected chi connectivity index (χ4v) is 7.33. The van der Waals surface area contributed by atoms with Gasteiger partial charge in [-0.25, -0.2) is 9.13 Å². The molecule has 0 saturated heterocycles. The summed E-state index contributed by atoms with van der Waals surface area (Å²) in [7, 11) is -6.26. The molecule has 2 fully saturated rings. The highest BCUT2D eigenvalue weighted by Crippen LogP contribution is 2.64. The fourth-order valence-electron chi connectivity index (χ4n) is 4.82. The predicted molar refractivity (Wildman–Crippen MR) is 128 cm³/mol. The van der Waals surface area contributed by atoms with E-state index >= 15 is 0 Å². The number of imidazole rings is 1. The Balaban J connectivity index is 0.000000228. The number of ketones is 1. The van der Waals surface area contributed by atoms with Crippen LogP contribution in [-0.2, 0) is 31.3 Å². The minimum atomic E-state index is -4.08. The molecule has 7 nitrogen and oxygen atoms in total. The molecule has 0 amide bonds. The van der Waals surface area contributed by atoms with Gasteiger partial charge in [-0.1, -0.05) is 34.6 Å². The van der Waals surface area contributed by atoms with E-state index in [1.54, 1.807) is 0 Å². The SMILES string of the molecule is CC(C)(C)n1cc[n+](C[P@@](C)(=O)C(C)(C)C)c1.CC1(C)C2CC[C@@]1(CS(=O)(=O)O)C(=O)C2. The Kier molecular flexibility index (Phi) is 7.12. The van der Waals surface area contributed by atoms with Crippen LogP contribution in [0.1, 0.15) is 74.7 Å². The molecule has 2 saturated carbocycles. The van der Waals surface area contributed by atoms with Gasteiger partial charge in [0.2, 0.25) is 6.33 Å². The van der Waals surface area contributed by atoms with Crippen molar-refractivity contribution >= 4 is 23.0 Å². The lowest BCUT2D eigenvalue weighted by atomic mass is 9.70. The number of hydrogen-bond acceptors (Lipinski definition) is 4. The summed E-state index contributed by atoms with van der Waals surface area (Å²) < 4.78 is 47.8. The molecule has 1 N–H and O–H groups in total. The summed E-state index contributed by atoms with van der Waals surface area (Å²) in [4.78, 5) is 11.9. The summed E-state index contributed by atoms with van der Waals surface area (Å²) in [5, 5.41) is -0.135. The maximum absolute atomic E-state index is 12.6. The zero-order chi connectivity index (χ0) is 25.0. The zero-order valence-electron chi connectivity index (χ0n) is 21.2. The highest BCUT2D eigenvalue weighted by Gasteiger charge is 2.65. The third-order valence-corrected chi connectivity index (χ3v) is 12.4. The smallest absolute Gasteiger partial charge is 0.265 e. The van der Waals surface area contributed by atoms with Crippen molar-refractivity contribution in [3.8, 4) is 0 Å². The normalized spacial score (nSPS) is 27.1. The molecular formula is C23H42N2O5PS+. The molecule has 0 aromatic carbocycles. The molecule has 32 heavy (non-hydrogen) atoms. The molecule has 3 rings (SSSR count). The topological polar surface area (TPSA) is 97.3 Å². The van der Waals surface area contributed by atoms with Crippen molar-refractivity contribution in [2.45, 2.75) is 91.6 Å². The number of fused-ring (bicyclic) bond motifs is 2. The van der Waals surface area contributed by atoms with E-state index in [0.29, 0.717) is 19.1 Å². The first-order valence-corrected chi connectivity index (χ1v) is 15.2.